The number of benzene rings is 2. The summed E-state index contributed by atoms with van der Waals surface area (Å²) in [5.41, 5.74) is 1.55. The zero-order valence-electron chi connectivity index (χ0n) is 18.3. The molecule has 1 unspecified atom stereocenters. The maximum atomic E-state index is 12.8. The lowest BCUT2D eigenvalue weighted by Gasteiger charge is -2.18. The Bertz CT molecular complexity index is 1260. The molecule has 3 aromatic rings. The molecule has 1 N–H and O–H groups in total. The van der Waals surface area contributed by atoms with Crippen molar-refractivity contribution in [1.82, 2.24) is 14.5 Å². The van der Waals surface area contributed by atoms with Crippen LogP contribution in [0.2, 0.25) is 0 Å². The van der Waals surface area contributed by atoms with Crippen LogP contribution in [0.25, 0.3) is 11.5 Å². The van der Waals surface area contributed by atoms with E-state index in [0.29, 0.717) is 29.9 Å². The first-order valence-electron chi connectivity index (χ1n) is 10.2. The van der Waals surface area contributed by atoms with Gasteiger partial charge in [-0.15, -0.1) is 10.2 Å². The Morgan fingerprint density at radius 2 is 1.88 bits per heavy atom. The van der Waals surface area contributed by atoms with Crippen molar-refractivity contribution >= 4 is 33.4 Å². The first-order chi connectivity index (χ1) is 15.8. The fourth-order valence-electron chi connectivity index (χ4n) is 2.95. The van der Waals surface area contributed by atoms with Gasteiger partial charge in [-0.05, 0) is 49.4 Å². The van der Waals surface area contributed by atoms with Gasteiger partial charge in [-0.2, -0.15) is 9.57 Å². The molecule has 3 rings (SSSR count). The van der Waals surface area contributed by atoms with E-state index in [1.165, 1.54) is 16.4 Å². The van der Waals surface area contributed by atoms with E-state index < -0.39 is 15.3 Å². The average Bonchev–Trinajstić information content (AvgIpc) is 3.28. The standard InChI is InChI=1S/C22H23N5O4S2/c1-4-27(5-2)33(29,30)19-8-6-7-17(13-19)21-25-26-22(31-21)32-15(3)20(28)24-18-11-9-16(14-23)10-12-18/h6-13,15H,4-5H2,1-3H3,(H,24,28). The number of thioether (sulfide) groups is 1. The van der Waals surface area contributed by atoms with E-state index in [1.54, 1.807) is 57.2 Å². The maximum absolute atomic E-state index is 12.8. The molecule has 0 aliphatic carbocycles. The number of carbonyl (C=O) groups excluding carboxylic acids is 1. The minimum absolute atomic E-state index is 0.145. The average molecular weight is 486 g/mol. The first kappa shape index (κ1) is 24.4. The smallest absolute Gasteiger partial charge is 0.277 e. The van der Waals surface area contributed by atoms with Crippen LogP contribution in [0, 0.1) is 11.3 Å². The predicted molar refractivity (Wildman–Crippen MR) is 125 cm³/mol. The number of anilines is 1. The molecule has 0 fully saturated rings. The van der Waals surface area contributed by atoms with E-state index in [4.69, 9.17) is 9.68 Å². The molecule has 0 saturated heterocycles. The summed E-state index contributed by atoms with van der Waals surface area (Å²) in [6.07, 6.45) is 0. The second kappa shape index (κ2) is 10.6. The van der Waals surface area contributed by atoms with Crippen molar-refractivity contribution in [3.05, 3.63) is 54.1 Å². The molecule has 0 spiro atoms. The molecule has 0 aliphatic rings. The molecule has 1 atom stereocenters. The molecule has 0 aliphatic heterocycles. The van der Waals surface area contributed by atoms with Crippen LogP contribution in [-0.2, 0) is 14.8 Å². The molecule has 0 radical (unpaired) electrons. The number of nitriles is 1. The lowest BCUT2D eigenvalue weighted by molar-refractivity contribution is -0.115. The van der Waals surface area contributed by atoms with Crippen LogP contribution in [0.15, 0.2) is 63.1 Å². The topological polar surface area (TPSA) is 129 Å². The lowest BCUT2D eigenvalue weighted by atomic mass is 10.2. The van der Waals surface area contributed by atoms with Gasteiger partial charge in [0.2, 0.25) is 21.8 Å². The number of nitrogens with one attached hydrogen (secondary N) is 1. The Labute approximate surface area is 196 Å². The number of hydrogen-bond acceptors (Lipinski definition) is 8. The normalized spacial score (nSPS) is 12.3. The van der Waals surface area contributed by atoms with Gasteiger partial charge in [-0.3, -0.25) is 4.79 Å². The van der Waals surface area contributed by atoms with Crippen molar-refractivity contribution in [2.24, 2.45) is 0 Å². The van der Waals surface area contributed by atoms with Crippen molar-refractivity contribution in [3.63, 3.8) is 0 Å². The van der Waals surface area contributed by atoms with E-state index in [2.05, 4.69) is 15.5 Å². The van der Waals surface area contributed by atoms with E-state index in [0.717, 1.165) is 11.8 Å². The number of aromatic nitrogens is 2. The van der Waals surface area contributed by atoms with Gasteiger partial charge in [0.05, 0.1) is 21.8 Å². The van der Waals surface area contributed by atoms with Crippen LogP contribution in [0.3, 0.4) is 0 Å². The van der Waals surface area contributed by atoms with Gasteiger partial charge in [0.15, 0.2) is 0 Å². The van der Waals surface area contributed by atoms with Gasteiger partial charge in [0, 0.05) is 24.3 Å². The predicted octanol–water partition coefficient (Wildman–Crippen LogP) is 3.76. The second-order valence-corrected chi connectivity index (χ2v) is 10.2. The first-order valence-corrected chi connectivity index (χ1v) is 12.5. The fourth-order valence-corrected chi connectivity index (χ4v) is 5.14. The molecular weight excluding hydrogens is 462 g/mol. The summed E-state index contributed by atoms with van der Waals surface area (Å²) in [6.45, 7) is 6.00. The highest BCUT2D eigenvalue weighted by atomic mass is 32.2. The largest absolute Gasteiger partial charge is 0.411 e. The summed E-state index contributed by atoms with van der Waals surface area (Å²) in [7, 11) is -3.62. The van der Waals surface area contributed by atoms with Crippen molar-refractivity contribution in [2.75, 3.05) is 18.4 Å². The Balaban J connectivity index is 1.70. The maximum Gasteiger partial charge on any atom is 0.277 e. The van der Waals surface area contributed by atoms with Gasteiger partial charge < -0.3 is 9.73 Å². The summed E-state index contributed by atoms with van der Waals surface area (Å²) >= 11 is 1.08. The van der Waals surface area contributed by atoms with E-state index in [1.807, 2.05) is 6.07 Å². The van der Waals surface area contributed by atoms with Crippen LogP contribution in [0.5, 0.6) is 0 Å². The quantitative estimate of drug-likeness (QED) is 0.454. The van der Waals surface area contributed by atoms with Gasteiger partial charge >= 0.3 is 0 Å². The molecule has 1 amide bonds. The van der Waals surface area contributed by atoms with Gasteiger partial charge in [0.1, 0.15) is 0 Å². The molecule has 33 heavy (non-hydrogen) atoms. The number of rotatable bonds is 9. The Morgan fingerprint density at radius 1 is 1.18 bits per heavy atom. The van der Waals surface area contributed by atoms with Crippen molar-refractivity contribution in [3.8, 4) is 17.5 Å². The van der Waals surface area contributed by atoms with E-state index in [9.17, 15) is 13.2 Å². The van der Waals surface area contributed by atoms with Gasteiger partial charge in [-0.1, -0.05) is 31.7 Å². The number of sulfonamides is 1. The molecule has 1 aromatic heterocycles. The number of hydrogen-bond donors (Lipinski definition) is 1. The zero-order valence-corrected chi connectivity index (χ0v) is 20.0. The van der Waals surface area contributed by atoms with Crippen molar-refractivity contribution in [1.29, 1.82) is 5.26 Å². The number of amides is 1. The molecule has 0 saturated carbocycles. The Morgan fingerprint density at radius 3 is 2.52 bits per heavy atom. The van der Waals surface area contributed by atoms with Gasteiger partial charge in [0.25, 0.3) is 5.22 Å². The van der Waals surface area contributed by atoms with E-state index in [-0.39, 0.29) is 21.9 Å². The monoisotopic (exact) mass is 485 g/mol. The minimum Gasteiger partial charge on any atom is -0.411 e. The molecule has 11 heteroatoms. The molecule has 0 bridgehead atoms. The molecule has 2 aromatic carbocycles. The van der Waals surface area contributed by atoms with Crippen molar-refractivity contribution in [2.45, 2.75) is 36.1 Å². The van der Waals surface area contributed by atoms with Crippen molar-refractivity contribution < 1.29 is 17.6 Å². The summed E-state index contributed by atoms with van der Waals surface area (Å²) in [6, 6.07) is 14.9. The third-order valence-electron chi connectivity index (χ3n) is 4.76. The second-order valence-electron chi connectivity index (χ2n) is 6.93. The summed E-state index contributed by atoms with van der Waals surface area (Å²) in [4.78, 5) is 12.6. The zero-order chi connectivity index (χ0) is 24.0. The summed E-state index contributed by atoms with van der Waals surface area (Å²) < 4.78 is 32.6. The number of nitrogens with zero attached hydrogens (tertiary/aromatic N) is 4. The third-order valence-corrected chi connectivity index (χ3v) is 7.74. The van der Waals surface area contributed by atoms with Crippen LogP contribution in [0.1, 0.15) is 26.3 Å². The van der Waals surface area contributed by atoms with Crippen LogP contribution < -0.4 is 5.32 Å². The lowest BCUT2D eigenvalue weighted by Crippen LogP contribution is -2.30. The fraction of sp³-hybridized carbons (Fsp3) is 0.273. The summed E-state index contributed by atoms with van der Waals surface area (Å²) in [5, 5.41) is 19.2. The third kappa shape index (κ3) is 5.78. The van der Waals surface area contributed by atoms with Crippen LogP contribution in [0.4, 0.5) is 5.69 Å². The van der Waals surface area contributed by atoms with Crippen LogP contribution in [-0.4, -0.2) is 47.2 Å². The molecule has 9 nitrogen and oxygen atoms in total. The highest BCUT2D eigenvalue weighted by Gasteiger charge is 2.23. The van der Waals surface area contributed by atoms with E-state index >= 15 is 0 Å². The number of carbonyl (C=O) groups is 1. The molecule has 172 valence electrons. The molecule has 1 heterocycles. The Kier molecular flexibility index (Phi) is 7.86. The minimum atomic E-state index is -3.62. The molecular formula is C22H23N5O4S2. The highest BCUT2D eigenvalue weighted by Crippen LogP contribution is 2.28. The highest BCUT2D eigenvalue weighted by molar-refractivity contribution is 8.00. The SMILES string of the molecule is CCN(CC)S(=O)(=O)c1cccc(-c2nnc(SC(C)C(=O)Nc3ccc(C#N)cc3)o2)c1. The Hall–Kier alpha value is -3.20. The van der Waals surface area contributed by atoms with Gasteiger partial charge in [-0.25, -0.2) is 8.42 Å². The van der Waals surface area contributed by atoms with Crippen LogP contribution >= 0.6 is 11.8 Å². The summed E-state index contributed by atoms with van der Waals surface area (Å²) in [5.74, 6) is -0.106.